The van der Waals surface area contributed by atoms with Crippen molar-refractivity contribution in [2.75, 3.05) is 0 Å². The third kappa shape index (κ3) is 2.34. The summed E-state index contributed by atoms with van der Waals surface area (Å²) in [7, 11) is 0. The zero-order valence-electron chi connectivity index (χ0n) is 14.9. The van der Waals surface area contributed by atoms with Crippen molar-refractivity contribution >= 4 is 11.9 Å². The Bertz CT molecular complexity index is 773. The van der Waals surface area contributed by atoms with Crippen LogP contribution in [0.15, 0.2) is 34.6 Å². The van der Waals surface area contributed by atoms with Crippen molar-refractivity contribution in [2.45, 2.75) is 58.2 Å². The van der Waals surface area contributed by atoms with Gasteiger partial charge in [0.15, 0.2) is 0 Å². The highest BCUT2D eigenvalue weighted by molar-refractivity contribution is 5.93. The molecule has 0 radical (unpaired) electrons. The molecule has 2 aliphatic heterocycles. The van der Waals surface area contributed by atoms with E-state index in [9.17, 15) is 19.8 Å². The van der Waals surface area contributed by atoms with Crippen LogP contribution >= 0.6 is 0 Å². The number of rotatable bonds is 2. The van der Waals surface area contributed by atoms with Gasteiger partial charge in [-0.3, -0.25) is 0 Å². The molecular weight excluding hydrogens is 340 g/mol. The topological polar surface area (TPSA) is 102 Å². The number of carbonyl (C=O) groups excluding carboxylic acids is 2. The third-order valence-electron chi connectivity index (χ3n) is 5.96. The van der Waals surface area contributed by atoms with Crippen molar-refractivity contribution in [1.29, 1.82) is 0 Å². The minimum atomic E-state index is -0.888. The fourth-order valence-electron chi connectivity index (χ4n) is 4.42. The number of esters is 2. The number of cyclic esters (lactones) is 1. The molecule has 7 nitrogen and oxygen atoms in total. The van der Waals surface area contributed by atoms with Crippen LogP contribution in [0.25, 0.3) is 0 Å². The van der Waals surface area contributed by atoms with E-state index in [1.165, 1.54) is 12.3 Å². The highest BCUT2D eigenvalue weighted by atomic mass is 16.7. The van der Waals surface area contributed by atoms with Crippen LogP contribution in [0.2, 0.25) is 0 Å². The summed E-state index contributed by atoms with van der Waals surface area (Å²) in [5.41, 5.74) is 1.74. The molecule has 2 N–H and O–H groups in total. The molecule has 0 spiro atoms. The van der Waals surface area contributed by atoms with Gasteiger partial charge in [-0.15, -0.1) is 0 Å². The van der Waals surface area contributed by atoms with Gasteiger partial charge in [0.1, 0.15) is 6.10 Å². The van der Waals surface area contributed by atoms with Crippen LogP contribution in [0, 0.1) is 11.3 Å². The highest BCUT2D eigenvalue weighted by Crippen LogP contribution is 2.54. The van der Waals surface area contributed by atoms with E-state index < -0.39 is 47.9 Å². The van der Waals surface area contributed by atoms with Crippen LogP contribution in [0.4, 0.5) is 0 Å². The Kier molecular flexibility index (Phi) is 3.79. The van der Waals surface area contributed by atoms with Gasteiger partial charge in [-0.2, -0.15) is 0 Å². The maximum absolute atomic E-state index is 12.3. The number of fused-ring (bicyclic) bond motifs is 2. The summed E-state index contributed by atoms with van der Waals surface area (Å²) in [5, 5.41) is 21.2. The van der Waals surface area contributed by atoms with Gasteiger partial charge in [0.2, 0.25) is 0 Å². The van der Waals surface area contributed by atoms with E-state index in [0.29, 0.717) is 18.4 Å². The Balaban J connectivity index is 1.61. The van der Waals surface area contributed by atoms with Gasteiger partial charge >= 0.3 is 11.9 Å². The largest absolute Gasteiger partial charge is 0.458 e. The molecule has 0 unspecified atom stereocenters. The molecule has 0 amide bonds. The molecule has 4 rings (SSSR count). The predicted octanol–water partition coefficient (Wildman–Crippen LogP) is 1.11. The quantitative estimate of drug-likeness (QED) is 0.328. The van der Waals surface area contributed by atoms with Crippen LogP contribution < -0.4 is 0 Å². The van der Waals surface area contributed by atoms with E-state index in [-0.39, 0.29) is 5.57 Å². The first kappa shape index (κ1) is 17.3. The molecular formula is C19H22O7. The average molecular weight is 362 g/mol. The van der Waals surface area contributed by atoms with Gasteiger partial charge in [0.25, 0.3) is 6.29 Å². The Morgan fingerprint density at radius 3 is 2.62 bits per heavy atom. The molecule has 7 heteroatoms. The summed E-state index contributed by atoms with van der Waals surface area (Å²) in [6.45, 7) is 5.42. The normalized spacial score (nSPS) is 39.5. The molecule has 140 valence electrons. The second kappa shape index (κ2) is 5.69. The first-order valence-corrected chi connectivity index (χ1v) is 8.77. The monoisotopic (exact) mass is 362 g/mol. The summed E-state index contributed by atoms with van der Waals surface area (Å²) in [6, 6.07) is 0. The molecule has 0 aromatic heterocycles. The van der Waals surface area contributed by atoms with Crippen molar-refractivity contribution in [1.82, 2.24) is 0 Å². The lowest BCUT2D eigenvalue weighted by Crippen LogP contribution is -2.38. The van der Waals surface area contributed by atoms with Gasteiger partial charge in [0.05, 0.1) is 30.0 Å². The predicted molar refractivity (Wildman–Crippen MR) is 88.2 cm³/mol. The second-order valence-corrected chi connectivity index (χ2v) is 7.84. The standard InChI is InChI=1S/C19H22O7/c1-8-6-12(25-17(8)22)24-7-10-13-15(21)9-4-5-11(20)19(2,3)14(9)16(13)26-18(10)23/h6-7,11-13,15-16,20-21H,4-5H2,1-3H3/b10-7+/t11-,12+,13+,15-,16+/m0/s1. The summed E-state index contributed by atoms with van der Waals surface area (Å²) >= 11 is 0. The molecule has 1 fully saturated rings. The van der Waals surface area contributed by atoms with Crippen molar-refractivity contribution in [3.8, 4) is 0 Å². The molecule has 0 saturated carbocycles. The minimum Gasteiger partial charge on any atom is -0.458 e. The number of hydrogen-bond acceptors (Lipinski definition) is 7. The Morgan fingerprint density at radius 1 is 1.23 bits per heavy atom. The molecule has 0 bridgehead atoms. The van der Waals surface area contributed by atoms with Gasteiger partial charge in [-0.1, -0.05) is 13.8 Å². The minimum absolute atomic E-state index is 0.219. The van der Waals surface area contributed by atoms with Gasteiger partial charge < -0.3 is 24.4 Å². The lowest BCUT2D eigenvalue weighted by Gasteiger charge is -2.38. The van der Waals surface area contributed by atoms with Crippen LogP contribution in [0.1, 0.15) is 33.6 Å². The van der Waals surface area contributed by atoms with E-state index in [4.69, 9.17) is 14.2 Å². The fraction of sp³-hybridized carbons (Fsp3) is 0.579. The van der Waals surface area contributed by atoms with Crippen molar-refractivity contribution in [2.24, 2.45) is 11.3 Å². The van der Waals surface area contributed by atoms with Crippen LogP contribution in [0.3, 0.4) is 0 Å². The number of carbonyl (C=O) groups is 2. The maximum atomic E-state index is 12.3. The zero-order valence-corrected chi connectivity index (χ0v) is 14.9. The van der Waals surface area contributed by atoms with Crippen molar-refractivity contribution < 1.29 is 34.0 Å². The summed E-state index contributed by atoms with van der Waals surface area (Å²) in [5.74, 6) is -1.60. The van der Waals surface area contributed by atoms with E-state index in [2.05, 4.69) is 0 Å². The number of ether oxygens (including phenoxy) is 3. The molecule has 26 heavy (non-hydrogen) atoms. The van der Waals surface area contributed by atoms with Crippen LogP contribution in [-0.4, -0.2) is 46.8 Å². The third-order valence-corrected chi connectivity index (χ3v) is 5.96. The summed E-state index contributed by atoms with van der Waals surface area (Å²) in [4.78, 5) is 23.7. The fourth-order valence-corrected chi connectivity index (χ4v) is 4.42. The average Bonchev–Trinajstić information content (AvgIpc) is 3.15. The van der Waals surface area contributed by atoms with E-state index >= 15 is 0 Å². The summed E-state index contributed by atoms with van der Waals surface area (Å²) < 4.78 is 16.0. The van der Waals surface area contributed by atoms with Crippen LogP contribution in [0.5, 0.6) is 0 Å². The Hall–Kier alpha value is -2.12. The molecule has 1 saturated heterocycles. The molecule has 5 atom stereocenters. The second-order valence-electron chi connectivity index (χ2n) is 7.84. The Labute approximate surface area is 150 Å². The molecule has 2 heterocycles. The molecule has 2 aliphatic carbocycles. The van der Waals surface area contributed by atoms with Gasteiger partial charge in [-0.05, 0) is 30.9 Å². The van der Waals surface area contributed by atoms with E-state index in [1.807, 2.05) is 13.8 Å². The van der Waals surface area contributed by atoms with Gasteiger partial charge in [-0.25, -0.2) is 9.59 Å². The zero-order chi connectivity index (χ0) is 18.8. The Morgan fingerprint density at radius 2 is 1.96 bits per heavy atom. The smallest absolute Gasteiger partial charge is 0.338 e. The molecule has 4 aliphatic rings. The first-order valence-electron chi connectivity index (χ1n) is 8.77. The number of aliphatic hydroxyl groups is 2. The van der Waals surface area contributed by atoms with Crippen LogP contribution in [-0.2, 0) is 23.8 Å². The maximum Gasteiger partial charge on any atom is 0.338 e. The SMILES string of the molecule is CC1=C[C@H](O/C=C2/C(=O)O[C@H]3C4=C(CC[C@H](O)C4(C)C)[C@H](O)[C@@H]23)OC1=O. The van der Waals surface area contributed by atoms with Crippen molar-refractivity contribution in [3.63, 3.8) is 0 Å². The first-order chi connectivity index (χ1) is 12.2. The number of aliphatic hydroxyl groups excluding tert-OH is 2. The molecule has 0 aromatic carbocycles. The summed E-state index contributed by atoms with van der Waals surface area (Å²) in [6.07, 6.45) is 0.982. The van der Waals surface area contributed by atoms with Gasteiger partial charge in [0, 0.05) is 17.1 Å². The van der Waals surface area contributed by atoms with E-state index in [0.717, 1.165) is 11.1 Å². The van der Waals surface area contributed by atoms with E-state index in [1.54, 1.807) is 6.92 Å². The lowest BCUT2D eigenvalue weighted by molar-refractivity contribution is -0.152. The van der Waals surface area contributed by atoms with Crippen molar-refractivity contribution in [3.05, 3.63) is 34.6 Å². The molecule has 0 aromatic rings. The highest BCUT2D eigenvalue weighted by Gasteiger charge is 2.58. The number of hydrogen-bond donors (Lipinski definition) is 2. The lowest BCUT2D eigenvalue weighted by atomic mass is 9.70.